The van der Waals surface area contributed by atoms with Gasteiger partial charge in [-0.05, 0) is 106 Å². The van der Waals surface area contributed by atoms with Crippen LogP contribution in [0.4, 0.5) is 0 Å². The summed E-state index contributed by atoms with van der Waals surface area (Å²) in [4.78, 5) is 0. The molecule has 0 saturated heterocycles. The first-order valence-corrected chi connectivity index (χ1v) is 16.5. The van der Waals surface area contributed by atoms with E-state index in [1.54, 1.807) is 22.3 Å². The van der Waals surface area contributed by atoms with E-state index < -0.39 is 0 Å². The summed E-state index contributed by atoms with van der Waals surface area (Å²) in [6.07, 6.45) is 15.2. The summed E-state index contributed by atoms with van der Waals surface area (Å²) >= 11 is 0. The number of allylic oxidation sites excluding steroid dienone is 6. The van der Waals surface area contributed by atoms with Crippen molar-refractivity contribution < 1.29 is 26.2 Å². The molecule has 0 heterocycles. The van der Waals surface area contributed by atoms with E-state index >= 15 is 0 Å². The Morgan fingerprint density at radius 1 is 0.762 bits per heavy atom. The minimum Gasteiger partial charge on any atom is -0.0885 e. The summed E-state index contributed by atoms with van der Waals surface area (Å²) in [7, 11) is 0. The summed E-state index contributed by atoms with van der Waals surface area (Å²) in [5.41, 5.74) is 14.9. The summed E-state index contributed by atoms with van der Waals surface area (Å²) < 4.78 is 0. The number of rotatable bonds is 3. The molecule has 2 aromatic rings. The van der Waals surface area contributed by atoms with E-state index in [0.717, 1.165) is 5.92 Å². The van der Waals surface area contributed by atoms with E-state index in [1.807, 2.05) is 5.57 Å². The maximum absolute atomic E-state index is 2.71. The van der Waals surface area contributed by atoms with Gasteiger partial charge in [0.1, 0.15) is 0 Å². The third kappa shape index (κ3) is 5.17. The van der Waals surface area contributed by atoms with Gasteiger partial charge in [-0.3, -0.25) is 0 Å². The van der Waals surface area contributed by atoms with Gasteiger partial charge in [0.05, 0.1) is 0 Å². The average Bonchev–Trinajstić information content (AvgIpc) is 3.57. The average molecular weight is 638 g/mol. The van der Waals surface area contributed by atoms with Crippen LogP contribution in [-0.2, 0) is 37.0 Å². The van der Waals surface area contributed by atoms with E-state index in [4.69, 9.17) is 0 Å². The molecule has 3 unspecified atom stereocenters. The van der Waals surface area contributed by atoms with Crippen LogP contribution in [-0.4, -0.2) is 0 Å². The van der Waals surface area contributed by atoms with Crippen LogP contribution >= 0.6 is 0 Å². The largest absolute Gasteiger partial charge is 0.0885 e. The van der Waals surface area contributed by atoms with Crippen LogP contribution in [0.25, 0.3) is 11.1 Å². The molecule has 0 nitrogen and oxygen atoms in total. The summed E-state index contributed by atoms with van der Waals surface area (Å²) in [5, 5.41) is 0. The third-order valence-electron chi connectivity index (χ3n) is 11.4. The summed E-state index contributed by atoms with van der Waals surface area (Å²) in [6, 6.07) is 15.1. The van der Waals surface area contributed by atoms with Crippen LogP contribution in [0.5, 0.6) is 0 Å². The van der Waals surface area contributed by atoms with E-state index in [-0.39, 0.29) is 47.9 Å². The number of hydrogen-bond donors (Lipinski definition) is 0. The fraction of sp³-hybridized carbons (Fsp3) is 0.561. The van der Waals surface area contributed by atoms with Crippen molar-refractivity contribution in [1.82, 2.24) is 0 Å². The van der Waals surface area contributed by atoms with Gasteiger partial charge in [0.25, 0.3) is 0 Å². The number of benzene rings is 2. The van der Waals surface area contributed by atoms with E-state index in [0.29, 0.717) is 11.8 Å². The minimum absolute atomic E-state index is 0. The Bertz CT molecular complexity index is 1390. The molecule has 0 spiro atoms. The van der Waals surface area contributed by atoms with Crippen LogP contribution in [0.15, 0.2) is 71.3 Å². The molecular weight excluding hydrogens is 584 g/mol. The van der Waals surface area contributed by atoms with Gasteiger partial charge in [-0.15, -0.1) is 0 Å². The number of fused-ring (bicyclic) bond motifs is 3. The van der Waals surface area contributed by atoms with Crippen molar-refractivity contribution >= 4 is 0 Å². The monoisotopic (exact) mass is 636 g/mol. The van der Waals surface area contributed by atoms with Crippen LogP contribution in [0, 0.1) is 22.7 Å². The van der Waals surface area contributed by atoms with Gasteiger partial charge >= 0.3 is 0 Å². The van der Waals surface area contributed by atoms with Crippen LogP contribution in [0.3, 0.4) is 0 Å². The Labute approximate surface area is 276 Å². The molecule has 1 heteroatoms. The smallest absolute Gasteiger partial charge is 0.0199 e. The maximum Gasteiger partial charge on any atom is 0.0199 e. The molecule has 0 aromatic heterocycles. The van der Waals surface area contributed by atoms with Gasteiger partial charge in [-0.1, -0.05) is 135 Å². The second-order valence-electron chi connectivity index (χ2n) is 16.9. The van der Waals surface area contributed by atoms with Gasteiger partial charge < -0.3 is 0 Å². The molecule has 3 atom stereocenters. The zero-order valence-corrected chi connectivity index (χ0v) is 30.6. The van der Waals surface area contributed by atoms with E-state index in [1.165, 1.54) is 60.8 Å². The number of hydrogen-bond acceptors (Lipinski definition) is 0. The Morgan fingerprint density at radius 2 is 1.33 bits per heavy atom. The van der Waals surface area contributed by atoms with Crippen LogP contribution < -0.4 is 0 Å². The van der Waals surface area contributed by atoms with Crippen molar-refractivity contribution in [1.29, 1.82) is 0 Å². The second kappa shape index (κ2) is 10.9. The molecular formula is C41H54Zr. The normalized spacial score (nSPS) is 25.7. The first-order chi connectivity index (χ1) is 19.1. The van der Waals surface area contributed by atoms with Gasteiger partial charge in [0, 0.05) is 37.5 Å². The molecule has 0 radical (unpaired) electrons. The Hall–Kier alpha value is -1.46. The van der Waals surface area contributed by atoms with Gasteiger partial charge in [0.2, 0.25) is 0 Å². The molecule has 4 aliphatic rings. The SMILES string of the molecule is CCC1(C2c3ccc(C(C)(C)C)cc3-c3cc(C(C)(C)C)ccc32)CC(C2CC=CCC2)C2=C1C=C(C(C)(C)C)C2.[Zr]. The zero-order chi connectivity index (χ0) is 29.5. The molecule has 0 bridgehead atoms. The van der Waals surface area contributed by atoms with Gasteiger partial charge in [-0.25, -0.2) is 0 Å². The Balaban J connectivity index is 0.00000353. The zero-order valence-electron chi connectivity index (χ0n) is 28.2. The molecule has 0 aliphatic heterocycles. The standard InChI is InChI=1S/C41H54.Zr/c1-11-41(25-35(26-15-13-12-14-16-26)34-23-29(24-36(34)41)40(8,9)10)37-30-19-17-27(38(2,3)4)21-32(30)33-22-28(39(5,6)7)18-20-31(33)37;/h12-13,17-22,24,26,35,37H,11,14-16,23,25H2,1-10H3;. The van der Waals surface area contributed by atoms with Crippen molar-refractivity contribution in [3.8, 4) is 11.1 Å². The van der Waals surface area contributed by atoms with Gasteiger partial charge in [0.15, 0.2) is 0 Å². The van der Waals surface area contributed by atoms with Crippen molar-refractivity contribution in [2.75, 3.05) is 0 Å². The molecule has 0 saturated carbocycles. The van der Waals surface area contributed by atoms with Crippen LogP contribution in [0.1, 0.15) is 136 Å². The Kier molecular flexibility index (Phi) is 8.26. The van der Waals surface area contributed by atoms with Crippen molar-refractivity contribution in [2.24, 2.45) is 22.7 Å². The van der Waals surface area contributed by atoms with E-state index in [9.17, 15) is 0 Å². The molecule has 0 amide bonds. The molecule has 0 fully saturated rings. The predicted octanol–water partition coefficient (Wildman–Crippen LogP) is 11.8. The van der Waals surface area contributed by atoms with Crippen molar-refractivity contribution in [3.05, 3.63) is 93.6 Å². The summed E-state index contributed by atoms with van der Waals surface area (Å²) in [6.45, 7) is 23.9. The fourth-order valence-electron chi connectivity index (χ4n) is 8.74. The fourth-order valence-corrected chi connectivity index (χ4v) is 8.74. The predicted molar refractivity (Wildman–Crippen MR) is 178 cm³/mol. The first kappa shape index (κ1) is 32.0. The summed E-state index contributed by atoms with van der Waals surface area (Å²) in [5.74, 6) is 1.92. The minimum atomic E-state index is 0. The quantitative estimate of drug-likeness (QED) is 0.294. The molecule has 42 heavy (non-hydrogen) atoms. The van der Waals surface area contributed by atoms with Crippen molar-refractivity contribution in [2.45, 2.75) is 125 Å². The molecule has 0 N–H and O–H groups in total. The third-order valence-corrected chi connectivity index (χ3v) is 11.4. The molecule has 6 rings (SSSR count). The molecule has 222 valence electrons. The van der Waals surface area contributed by atoms with Gasteiger partial charge in [-0.2, -0.15) is 0 Å². The second-order valence-corrected chi connectivity index (χ2v) is 16.9. The molecule has 2 aromatic carbocycles. The first-order valence-electron chi connectivity index (χ1n) is 16.5. The van der Waals surface area contributed by atoms with Crippen LogP contribution in [0.2, 0.25) is 0 Å². The topological polar surface area (TPSA) is 0 Å². The maximum atomic E-state index is 2.71. The van der Waals surface area contributed by atoms with Crippen molar-refractivity contribution in [3.63, 3.8) is 0 Å². The van der Waals surface area contributed by atoms with E-state index in [2.05, 4.69) is 124 Å². The Morgan fingerprint density at radius 3 is 1.79 bits per heavy atom. The molecule has 4 aliphatic carbocycles.